The molecule has 19 heavy (non-hydrogen) atoms. The Morgan fingerprint density at radius 2 is 2.05 bits per heavy atom. The predicted molar refractivity (Wildman–Crippen MR) is 65.8 cm³/mol. The minimum Gasteiger partial charge on any atom is -0.468 e. The number of hydrogen-bond acceptors (Lipinski definition) is 5. The van der Waals surface area contributed by atoms with Crippen LogP contribution in [-0.4, -0.2) is 49.9 Å². The monoisotopic (exact) mass is 289 g/mol. The number of hydrogen-bond donors (Lipinski definition) is 1. The van der Waals surface area contributed by atoms with Gasteiger partial charge in [-0.3, -0.25) is 9.59 Å². The molecule has 0 unspecified atom stereocenters. The van der Waals surface area contributed by atoms with Crippen LogP contribution in [0.25, 0.3) is 0 Å². The molecule has 0 atom stereocenters. The average Bonchev–Trinajstić information content (AvgIpc) is 2.71. The molecule has 1 heterocycles. The first-order chi connectivity index (χ1) is 8.70. The number of aromatic nitrogens is 1. The second kappa shape index (κ2) is 5.41. The van der Waals surface area contributed by atoms with Gasteiger partial charge in [0.1, 0.15) is 17.1 Å². The molecule has 0 aromatic carbocycles. The van der Waals surface area contributed by atoms with Crippen molar-refractivity contribution in [2.24, 2.45) is 12.8 Å². The van der Waals surface area contributed by atoms with E-state index in [1.807, 2.05) is 0 Å². The number of nitrogens with zero attached hydrogens (tertiary/aromatic N) is 2. The number of primary amides is 1. The fourth-order valence-electron chi connectivity index (χ4n) is 1.43. The highest BCUT2D eigenvalue weighted by Gasteiger charge is 2.26. The maximum Gasteiger partial charge on any atom is 0.321 e. The molecular weight excluding hydrogens is 274 g/mol. The Hall–Kier alpha value is -1.87. The fourth-order valence-corrected chi connectivity index (χ4v) is 2.62. The highest BCUT2D eigenvalue weighted by molar-refractivity contribution is 7.89. The molecule has 9 heteroatoms. The highest BCUT2D eigenvalue weighted by Crippen LogP contribution is 2.17. The third kappa shape index (κ3) is 3.12. The number of sulfonamides is 1. The summed E-state index contributed by atoms with van der Waals surface area (Å²) in [5.74, 6) is -1.42. The maximum atomic E-state index is 12.1. The number of methoxy groups -OCH3 is 1. The van der Waals surface area contributed by atoms with E-state index in [-0.39, 0.29) is 10.6 Å². The summed E-state index contributed by atoms with van der Waals surface area (Å²) in [4.78, 5) is 22.0. The molecule has 1 amide bonds. The van der Waals surface area contributed by atoms with E-state index in [0.29, 0.717) is 0 Å². The summed E-state index contributed by atoms with van der Waals surface area (Å²) < 4.78 is 30.8. The van der Waals surface area contributed by atoms with Crippen molar-refractivity contribution in [1.29, 1.82) is 0 Å². The summed E-state index contributed by atoms with van der Waals surface area (Å²) in [6, 6.07) is 1.16. The highest BCUT2D eigenvalue weighted by atomic mass is 32.2. The van der Waals surface area contributed by atoms with E-state index in [4.69, 9.17) is 5.73 Å². The summed E-state index contributed by atoms with van der Waals surface area (Å²) in [6.07, 6.45) is 1.25. The van der Waals surface area contributed by atoms with Gasteiger partial charge in [-0.1, -0.05) is 0 Å². The average molecular weight is 289 g/mol. The van der Waals surface area contributed by atoms with Crippen molar-refractivity contribution in [3.05, 3.63) is 18.0 Å². The van der Waals surface area contributed by atoms with Crippen LogP contribution in [0.5, 0.6) is 0 Å². The number of nitrogens with two attached hydrogens (primary N) is 1. The van der Waals surface area contributed by atoms with Crippen molar-refractivity contribution in [3.8, 4) is 0 Å². The van der Waals surface area contributed by atoms with Gasteiger partial charge in [0.05, 0.1) is 7.11 Å². The standard InChI is InChI=1S/C10H15N3O5S/c1-12-5-7(4-8(12)10(11)15)19(16,17)13(2)6-9(14)18-3/h4-5H,6H2,1-3H3,(H2,11,15). The molecule has 0 saturated carbocycles. The van der Waals surface area contributed by atoms with Crippen molar-refractivity contribution in [1.82, 2.24) is 8.87 Å². The Kier molecular flexibility index (Phi) is 4.32. The van der Waals surface area contributed by atoms with E-state index in [1.54, 1.807) is 0 Å². The third-order valence-electron chi connectivity index (χ3n) is 2.52. The lowest BCUT2D eigenvalue weighted by atomic mass is 10.4. The van der Waals surface area contributed by atoms with Crippen LogP contribution in [0.2, 0.25) is 0 Å². The Morgan fingerprint density at radius 3 is 2.47 bits per heavy atom. The van der Waals surface area contributed by atoms with Crippen LogP contribution in [0.4, 0.5) is 0 Å². The lowest BCUT2D eigenvalue weighted by molar-refractivity contribution is -0.140. The van der Waals surface area contributed by atoms with Gasteiger partial charge in [-0.25, -0.2) is 8.42 Å². The number of carbonyl (C=O) groups is 2. The Bertz CT molecular complexity index is 605. The Morgan fingerprint density at radius 1 is 1.47 bits per heavy atom. The van der Waals surface area contributed by atoms with Crippen LogP contribution < -0.4 is 5.73 Å². The largest absolute Gasteiger partial charge is 0.468 e. The smallest absolute Gasteiger partial charge is 0.321 e. The summed E-state index contributed by atoms with van der Waals surface area (Å²) in [5.41, 5.74) is 5.17. The second-order valence-corrected chi connectivity index (χ2v) is 5.92. The van der Waals surface area contributed by atoms with Gasteiger partial charge in [-0.05, 0) is 6.07 Å². The topological polar surface area (TPSA) is 112 Å². The summed E-state index contributed by atoms with van der Waals surface area (Å²) in [6.45, 7) is -0.417. The number of carbonyl (C=O) groups excluding carboxylic acids is 2. The fraction of sp³-hybridized carbons (Fsp3) is 0.400. The molecule has 1 aromatic heterocycles. The second-order valence-electron chi connectivity index (χ2n) is 3.87. The number of likely N-dealkylation sites (N-methyl/N-ethyl adjacent to an activating group) is 1. The van der Waals surface area contributed by atoms with Crippen molar-refractivity contribution in [2.75, 3.05) is 20.7 Å². The minimum absolute atomic E-state index is 0.0602. The van der Waals surface area contributed by atoms with Gasteiger partial charge < -0.3 is 15.0 Å². The first-order valence-corrected chi connectivity index (χ1v) is 6.63. The number of rotatable bonds is 5. The lowest BCUT2D eigenvalue weighted by Gasteiger charge is -2.14. The molecule has 0 aliphatic rings. The van der Waals surface area contributed by atoms with Gasteiger partial charge in [0.2, 0.25) is 10.0 Å². The van der Waals surface area contributed by atoms with Crippen LogP contribution >= 0.6 is 0 Å². The first kappa shape index (κ1) is 15.2. The van der Waals surface area contributed by atoms with E-state index in [1.165, 1.54) is 24.9 Å². The van der Waals surface area contributed by atoms with Gasteiger partial charge in [0.25, 0.3) is 5.91 Å². The van der Waals surface area contributed by atoms with Gasteiger partial charge >= 0.3 is 5.97 Å². The van der Waals surface area contributed by atoms with Crippen LogP contribution in [0.3, 0.4) is 0 Å². The molecular formula is C10H15N3O5S. The van der Waals surface area contributed by atoms with Crippen molar-refractivity contribution < 1.29 is 22.7 Å². The van der Waals surface area contributed by atoms with Crippen molar-refractivity contribution >= 4 is 21.9 Å². The number of aryl methyl sites for hydroxylation is 1. The normalized spacial score (nSPS) is 11.6. The third-order valence-corrected chi connectivity index (χ3v) is 4.29. The van der Waals surface area contributed by atoms with E-state index < -0.39 is 28.4 Å². The number of esters is 1. The molecule has 106 valence electrons. The molecule has 2 N–H and O–H groups in total. The molecule has 0 radical (unpaired) electrons. The zero-order valence-corrected chi connectivity index (χ0v) is 11.6. The van der Waals surface area contributed by atoms with Crippen molar-refractivity contribution in [3.63, 3.8) is 0 Å². The quantitative estimate of drug-likeness (QED) is 0.693. The molecule has 0 bridgehead atoms. The molecule has 8 nitrogen and oxygen atoms in total. The predicted octanol–water partition coefficient (Wildman–Crippen LogP) is -1.08. The van der Waals surface area contributed by atoms with Crippen molar-refractivity contribution in [2.45, 2.75) is 4.90 Å². The van der Waals surface area contributed by atoms with Crippen LogP contribution in [0.15, 0.2) is 17.2 Å². The Labute approximate surface area is 110 Å². The zero-order valence-electron chi connectivity index (χ0n) is 10.8. The first-order valence-electron chi connectivity index (χ1n) is 5.19. The molecule has 1 rings (SSSR count). The minimum atomic E-state index is -3.88. The van der Waals surface area contributed by atoms with Gasteiger partial charge in [0.15, 0.2) is 0 Å². The summed E-state index contributed by atoms with van der Waals surface area (Å²) >= 11 is 0. The Balaban J connectivity index is 3.10. The molecule has 0 spiro atoms. The van der Waals surface area contributed by atoms with Gasteiger partial charge in [-0.2, -0.15) is 4.31 Å². The lowest BCUT2D eigenvalue weighted by Crippen LogP contribution is -2.32. The molecule has 0 aliphatic heterocycles. The number of ether oxygens (including phenoxy) is 1. The summed E-state index contributed by atoms with van der Waals surface area (Å²) in [7, 11) is 0.0265. The molecule has 1 aromatic rings. The number of amides is 1. The SMILES string of the molecule is COC(=O)CN(C)S(=O)(=O)c1cc(C(N)=O)n(C)c1. The zero-order chi connectivity index (χ0) is 14.8. The van der Waals surface area contributed by atoms with Crippen LogP contribution in [-0.2, 0) is 26.6 Å². The van der Waals surface area contributed by atoms with E-state index in [9.17, 15) is 18.0 Å². The molecule has 0 fully saturated rings. The van der Waals surface area contributed by atoms with E-state index in [2.05, 4.69) is 4.74 Å². The van der Waals surface area contributed by atoms with E-state index >= 15 is 0 Å². The van der Waals surface area contributed by atoms with E-state index in [0.717, 1.165) is 17.5 Å². The van der Waals surface area contributed by atoms with Crippen LogP contribution in [0.1, 0.15) is 10.5 Å². The van der Waals surface area contributed by atoms with Crippen LogP contribution in [0, 0.1) is 0 Å². The van der Waals surface area contributed by atoms with Gasteiger partial charge in [-0.15, -0.1) is 0 Å². The maximum absolute atomic E-state index is 12.1. The molecule has 0 aliphatic carbocycles. The summed E-state index contributed by atoms with van der Waals surface area (Å²) in [5, 5.41) is 0. The molecule has 0 saturated heterocycles. The van der Waals surface area contributed by atoms with Gasteiger partial charge in [0, 0.05) is 20.3 Å².